The fourth-order valence-electron chi connectivity index (χ4n) is 1.74. The third-order valence-corrected chi connectivity index (χ3v) is 3.89. The smallest absolute Gasteiger partial charge is 0.189 e. The van der Waals surface area contributed by atoms with Gasteiger partial charge in [-0.05, 0) is 6.92 Å². The monoisotopic (exact) mass is 316 g/mol. The van der Waals surface area contributed by atoms with Gasteiger partial charge in [-0.25, -0.2) is 0 Å². The molecular weight excluding hydrogens is 288 g/mol. The van der Waals surface area contributed by atoms with E-state index in [0.29, 0.717) is 13.1 Å². The second-order valence-electron chi connectivity index (χ2n) is 5.92. The Kier molecular flexibility index (Phi) is 9.74. The highest BCUT2D eigenvalue weighted by Gasteiger charge is 2.19. The van der Waals surface area contributed by atoms with E-state index in [0.717, 1.165) is 0 Å². The molecule has 122 valence electrons. The molecule has 0 aromatic heterocycles. The Balaban J connectivity index is 4.00. The quantitative estimate of drug-likeness (QED) is 0.497. The van der Waals surface area contributed by atoms with E-state index in [1.54, 1.807) is 6.92 Å². The second kappa shape index (κ2) is 10.1. The number of Topliss-reactive ketones (excluding diaryl/α,β-unsaturated/α-hetero) is 2. The Bertz CT molecular complexity index is 372. The lowest BCUT2D eigenvalue weighted by molar-refractivity contribution is -0.124. The van der Waals surface area contributed by atoms with E-state index in [4.69, 9.17) is 0 Å². The highest BCUT2D eigenvalue weighted by molar-refractivity contribution is 7.96. The maximum Gasteiger partial charge on any atom is 0.189 e. The van der Waals surface area contributed by atoms with Crippen molar-refractivity contribution in [1.82, 2.24) is 10.6 Å². The van der Waals surface area contributed by atoms with Crippen LogP contribution in [0, 0.1) is 17.8 Å². The lowest BCUT2D eigenvalue weighted by atomic mass is 10.0. The number of hydrogen-bond acceptors (Lipinski definition) is 5. The molecule has 5 nitrogen and oxygen atoms in total. The summed E-state index contributed by atoms with van der Waals surface area (Å²) >= 11 is 3.74. The zero-order valence-electron chi connectivity index (χ0n) is 13.6. The average Bonchev–Trinajstić information content (AvgIpc) is 2.42. The highest BCUT2D eigenvalue weighted by atomic mass is 32.1. The van der Waals surface area contributed by atoms with Crippen molar-refractivity contribution in [3.8, 4) is 0 Å². The van der Waals surface area contributed by atoms with Gasteiger partial charge in [-0.3, -0.25) is 14.4 Å². The molecular formula is C15H28N2O3S. The van der Waals surface area contributed by atoms with Gasteiger partial charge in [0.15, 0.2) is 16.7 Å². The second-order valence-corrected chi connectivity index (χ2v) is 6.37. The van der Waals surface area contributed by atoms with Gasteiger partial charge in [0, 0.05) is 30.8 Å². The molecule has 6 heteroatoms. The predicted molar refractivity (Wildman–Crippen MR) is 87.5 cm³/mol. The van der Waals surface area contributed by atoms with Crippen molar-refractivity contribution in [3.05, 3.63) is 0 Å². The number of rotatable bonds is 11. The summed E-state index contributed by atoms with van der Waals surface area (Å²) in [6.45, 7) is 10.3. The van der Waals surface area contributed by atoms with Gasteiger partial charge in [-0.15, -0.1) is 12.6 Å². The number of carbonyl (C=O) groups excluding carboxylic acids is 3. The van der Waals surface area contributed by atoms with E-state index in [1.165, 1.54) is 0 Å². The zero-order valence-corrected chi connectivity index (χ0v) is 14.5. The number of nitrogens with one attached hydrogen (secondary N) is 2. The maximum atomic E-state index is 11.9. The summed E-state index contributed by atoms with van der Waals surface area (Å²) in [5.41, 5.74) is 0. The Morgan fingerprint density at radius 1 is 0.952 bits per heavy atom. The first-order valence-electron chi connectivity index (χ1n) is 7.40. The Morgan fingerprint density at radius 2 is 1.52 bits per heavy atom. The van der Waals surface area contributed by atoms with Gasteiger partial charge >= 0.3 is 0 Å². The van der Waals surface area contributed by atoms with E-state index in [1.807, 2.05) is 27.7 Å². The molecule has 0 aliphatic rings. The van der Waals surface area contributed by atoms with Crippen LogP contribution in [0.1, 0.15) is 34.6 Å². The van der Waals surface area contributed by atoms with Crippen LogP contribution >= 0.6 is 12.6 Å². The number of thiol groups is 1. The Hall–Kier alpha value is -0.720. The molecule has 0 amide bonds. The maximum absolute atomic E-state index is 11.9. The van der Waals surface area contributed by atoms with Crippen molar-refractivity contribution >= 4 is 29.3 Å². The van der Waals surface area contributed by atoms with E-state index in [9.17, 15) is 14.4 Å². The minimum absolute atomic E-state index is 0.0135. The lowest BCUT2D eigenvalue weighted by Crippen LogP contribution is -2.41. The van der Waals surface area contributed by atoms with E-state index >= 15 is 0 Å². The van der Waals surface area contributed by atoms with Crippen molar-refractivity contribution in [2.45, 2.75) is 40.7 Å². The fourth-order valence-corrected chi connectivity index (χ4v) is 1.83. The molecule has 0 aliphatic carbocycles. The summed E-state index contributed by atoms with van der Waals surface area (Å²) in [5, 5.41) is 5.87. The molecule has 3 atom stereocenters. The number of hydrogen-bond donors (Lipinski definition) is 3. The summed E-state index contributed by atoms with van der Waals surface area (Å²) < 4.78 is 0. The molecule has 0 aromatic rings. The van der Waals surface area contributed by atoms with Crippen LogP contribution in [0.2, 0.25) is 0 Å². The lowest BCUT2D eigenvalue weighted by Gasteiger charge is -2.18. The molecule has 0 rings (SSSR count). The Labute approximate surface area is 133 Å². The molecule has 0 saturated carbocycles. The van der Waals surface area contributed by atoms with Crippen molar-refractivity contribution < 1.29 is 14.4 Å². The van der Waals surface area contributed by atoms with E-state index in [-0.39, 0.29) is 47.0 Å². The molecule has 0 heterocycles. The minimum Gasteiger partial charge on any atom is -0.309 e. The normalized spacial score (nSPS) is 15.6. The van der Waals surface area contributed by atoms with Gasteiger partial charge in [-0.2, -0.15) is 0 Å². The van der Waals surface area contributed by atoms with Crippen molar-refractivity contribution in [2.24, 2.45) is 17.8 Å². The molecule has 21 heavy (non-hydrogen) atoms. The first-order valence-corrected chi connectivity index (χ1v) is 7.84. The first kappa shape index (κ1) is 20.3. The topological polar surface area (TPSA) is 75.3 Å². The van der Waals surface area contributed by atoms with Gasteiger partial charge in [0.05, 0.1) is 12.6 Å². The summed E-state index contributed by atoms with van der Waals surface area (Å²) in [6.07, 6.45) is 0. The third kappa shape index (κ3) is 8.34. The minimum atomic E-state index is -0.241. The summed E-state index contributed by atoms with van der Waals surface area (Å²) in [4.78, 5) is 34.6. The molecule has 0 aromatic carbocycles. The van der Waals surface area contributed by atoms with Crippen molar-refractivity contribution in [1.29, 1.82) is 0 Å². The van der Waals surface area contributed by atoms with Crippen LogP contribution in [0.3, 0.4) is 0 Å². The third-order valence-electron chi connectivity index (χ3n) is 3.45. The molecule has 2 unspecified atom stereocenters. The van der Waals surface area contributed by atoms with Gasteiger partial charge in [0.1, 0.15) is 0 Å². The van der Waals surface area contributed by atoms with Crippen LogP contribution in [0.25, 0.3) is 0 Å². The van der Waals surface area contributed by atoms with Crippen LogP contribution in [-0.4, -0.2) is 42.4 Å². The summed E-state index contributed by atoms with van der Waals surface area (Å²) in [5.74, 6) is -0.194. The van der Waals surface area contributed by atoms with Gasteiger partial charge in [-0.1, -0.05) is 27.7 Å². The standard InChI is InChI=1S/C15H28N2O3S/c1-9(2)14(19)12(5)17-7-10(3)13(18)8-16-6-11(4)15(20)21/h9-12,16-17H,6-8H2,1-5H3,(H,20,21)/t10?,11?,12-/m0/s1. The van der Waals surface area contributed by atoms with Crippen LogP contribution in [0.15, 0.2) is 0 Å². The van der Waals surface area contributed by atoms with E-state index in [2.05, 4.69) is 23.3 Å². The molecule has 0 bridgehead atoms. The van der Waals surface area contributed by atoms with Crippen LogP contribution in [0.4, 0.5) is 0 Å². The molecule has 0 saturated heterocycles. The molecule has 0 radical (unpaired) electrons. The largest absolute Gasteiger partial charge is 0.309 e. The Morgan fingerprint density at radius 3 is 2.00 bits per heavy atom. The SMILES string of the molecule is CC(C)C(=O)[C@H](C)NCC(C)C(=O)CNCC(C)C(=O)S. The van der Waals surface area contributed by atoms with Crippen molar-refractivity contribution in [2.75, 3.05) is 19.6 Å². The molecule has 0 spiro atoms. The van der Waals surface area contributed by atoms with Gasteiger partial charge in [0.25, 0.3) is 0 Å². The molecule has 2 N–H and O–H groups in total. The number of carbonyl (C=O) groups is 3. The summed E-state index contributed by atoms with van der Waals surface area (Å²) in [6, 6.07) is -0.241. The zero-order chi connectivity index (χ0) is 16.6. The van der Waals surface area contributed by atoms with Gasteiger partial charge in [0.2, 0.25) is 0 Å². The van der Waals surface area contributed by atoms with Crippen LogP contribution in [-0.2, 0) is 14.4 Å². The fraction of sp³-hybridized carbons (Fsp3) is 0.800. The van der Waals surface area contributed by atoms with Crippen molar-refractivity contribution in [3.63, 3.8) is 0 Å². The summed E-state index contributed by atoms with van der Waals surface area (Å²) in [7, 11) is 0. The molecule has 0 aliphatic heterocycles. The van der Waals surface area contributed by atoms with E-state index < -0.39 is 0 Å². The van der Waals surface area contributed by atoms with Crippen LogP contribution in [0.5, 0.6) is 0 Å². The first-order chi connectivity index (χ1) is 9.66. The highest BCUT2D eigenvalue weighted by Crippen LogP contribution is 2.02. The molecule has 0 fully saturated rings. The number of ketones is 2. The average molecular weight is 316 g/mol. The predicted octanol–water partition coefficient (Wildman–Crippen LogP) is 1.08. The van der Waals surface area contributed by atoms with Gasteiger partial charge < -0.3 is 10.6 Å². The van der Waals surface area contributed by atoms with Crippen LogP contribution < -0.4 is 10.6 Å².